The molecule has 0 saturated heterocycles. The fourth-order valence-electron chi connectivity index (χ4n) is 2.23. The molecule has 0 radical (unpaired) electrons. The Morgan fingerprint density at radius 2 is 2.18 bits per heavy atom. The van der Waals surface area contributed by atoms with Gasteiger partial charge in [-0.2, -0.15) is 0 Å². The van der Waals surface area contributed by atoms with Crippen molar-refractivity contribution in [1.82, 2.24) is 0 Å². The van der Waals surface area contributed by atoms with Crippen molar-refractivity contribution >= 4 is 7.82 Å². The topological polar surface area (TPSA) is 55.8 Å². The molecule has 0 aromatic rings. The molecule has 1 N–H and O–H groups in total. The molecule has 4 nitrogen and oxygen atoms in total. The molecule has 1 fully saturated rings. The minimum Gasteiger partial charge on any atom is -0.302 e. The molecule has 0 aromatic heterocycles. The van der Waals surface area contributed by atoms with Crippen molar-refractivity contribution in [3.8, 4) is 0 Å². The van der Waals surface area contributed by atoms with Crippen LogP contribution in [0.5, 0.6) is 0 Å². The van der Waals surface area contributed by atoms with Crippen molar-refractivity contribution in [2.24, 2.45) is 5.92 Å². The largest absolute Gasteiger partial charge is 0.472 e. The Balaban J connectivity index is 2.52. The molecule has 0 aliphatic heterocycles. The Hall–Kier alpha value is 0.110. The second-order valence-electron chi connectivity index (χ2n) is 5.21. The fourth-order valence-corrected chi connectivity index (χ4v) is 3.44. The zero-order chi connectivity index (χ0) is 12.9. The Bertz CT molecular complexity index is 282. The Labute approximate surface area is 104 Å². The van der Waals surface area contributed by atoms with Crippen LogP contribution in [0.2, 0.25) is 0 Å². The van der Waals surface area contributed by atoms with Crippen molar-refractivity contribution < 1.29 is 18.5 Å². The highest BCUT2D eigenvalue weighted by Crippen LogP contribution is 2.52. The third-order valence-corrected chi connectivity index (χ3v) is 4.84. The molecule has 3 unspecified atom stereocenters. The van der Waals surface area contributed by atoms with Crippen molar-refractivity contribution in [2.45, 2.75) is 64.9 Å². The third-order valence-electron chi connectivity index (χ3n) is 3.68. The van der Waals surface area contributed by atoms with E-state index in [1.807, 2.05) is 13.8 Å². The van der Waals surface area contributed by atoms with Crippen molar-refractivity contribution in [2.75, 3.05) is 6.61 Å². The van der Waals surface area contributed by atoms with Gasteiger partial charge in [0.1, 0.15) is 0 Å². The molecule has 1 aliphatic carbocycles. The molecule has 0 bridgehead atoms. The minimum atomic E-state index is -3.89. The molecule has 17 heavy (non-hydrogen) atoms. The molecule has 1 aliphatic rings. The maximum Gasteiger partial charge on any atom is 0.472 e. The maximum absolute atomic E-state index is 11.8. The lowest BCUT2D eigenvalue weighted by molar-refractivity contribution is -0.0292. The summed E-state index contributed by atoms with van der Waals surface area (Å²) in [5.74, 6) is 0.298. The lowest BCUT2D eigenvalue weighted by atomic mass is 9.78. The number of hydrogen-bond donors (Lipinski definition) is 1. The van der Waals surface area contributed by atoms with Gasteiger partial charge in [0.05, 0.1) is 12.2 Å². The van der Waals surface area contributed by atoms with Crippen molar-refractivity contribution in [1.29, 1.82) is 0 Å². The van der Waals surface area contributed by atoms with Gasteiger partial charge in [-0.25, -0.2) is 4.57 Å². The van der Waals surface area contributed by atoms with E-state index in [0.717, 1.165) is 32.1 Å². The Morgan fingerprint density at radius 3 is 2.76 bits per heavy atom. The molecule has 0 spiro atoms. The van der Waals surface area contributed by atoms with Gasteiger partial charge in [-0.15, -0.1) is 0 Å². The highest BCUT2D eigenvalue weighted by atomic mass is 31.2. The van der Waals surface area contributed by atoms with Crippen LogP contribution in [0, 0.1) is 5.92 Å². The Morgan fingerprint density at radius 1 is 1.47 bits per heavy atom. The van der Waals surface area contributed by atoms with Crippen LogP contribution in [0.3, 0.4) is 0 Å². The highest BCUT2D eigenvalue weighted by Gasteiger charge is 2.41. The molecular weight excluding hydrogens is 239 g/mol. The molecular formula is C12H25O4P. The smallest absolute Gasteiger partial charge is 0.302 e. The van der Waals surface area contributed by atoms with Crippen LogP contribution < -0.4 is 0 Å². The van der Waals surface area contributed by atoms with Gasteiger partial charge in [0, 0.05) is 0 Å². The van der Waals surface area contributed by atoms with Crippen molar-refractivity contribution in [3.63, 3.8) is 0 Å². The standard InChI is InChI=1S/C12H25O4P/c1-4-5-10-15-17(13,14)16-12(3)9-7-6-8-11(12)2/h11H,4-10H2,1-3H3,(H,13,14). The van der Waals surface area contributed by atoms with Crippen LogP contribution in [-0.2, 0) is 13.6 Å². The predicted octanol–water partition coefficient (Wildman–Crippen LogP) is 3.89. The summed E-state index contributed by atoms with van der Waals surface area (Å²) in [6.45, 7) is 6.29. The number of hydrogen-bond acceptors (Lipinski definition) is 3. The van der Waals surface area contributed by atoms with E-state index in [4.69, 9.17) is 9.05 Å². The van der Waals surface area contributed by atoms with Gasteiger partial charge in [0.2, 0.25) is 0 Å². The van der Waals surface area contributed by atoms with Gasteiger partial charge in [0.25, 0.3) is 0 Å². The summed E-state index contributed by atoms with van der Waals surface area (Å²) < 4.78 is 22.2. The van der Waals surface area contributed by atoms with Gasteiger partial charge < -0.3 is 4.89 Å². The fraction of sp³-hybridized carbons (Fsp3) is 1.00. The molecule has 0 aromatic carbocycles. The van der Waals surface area contributed by atoms with E-state index in [1.165, 1.54) is 6.42 Å². The van der Waals surface area contributed by atoms with Crippen LogP contribution in [0.25, 0.3) is 0 Å². The summed E-state index contributed by atoms with van der Waals surface area (Å²) in [4.78, 5) is 9.69. The molecule has 102 valence electrons. The first-order chi connectivity index (χ1) is 7.90. The van der Waals surface area contributed by atoms with E-state index in [0.29, 0.717) is 5.92 Å². The van der Waals surface area contributed by atoms with Crippen molar-refractivity contribution in [3.05, 3.63) is 0 Å². The van der Waals surface area contributed by atoms with Crippen LogP contribution in [-0.4, -0.2) is 17.1 Å². The second kappa shape index (κ2) is 6.33. The Kier molecular flexibility index (Phi) is 5.65. The minimum absolute atomic E-state index is 0.286. The number of rotatable bonds is 6. The monoisotopic (exact) mass is 264 g/mol. The van der Waals surface area contributed by atoms with Crippen LogP contribution in [0.15, 0.2) is 0 Å². The SMILES string of the molecule is CCCCOP(=O)(O)OC1(C)CCCCC1C. The normalized spacial score (nSPS) is 33.3. The quantitative estimate of drug-likeness (QED) is 0.584. The van der Waals surface area contributed by atoms with Crippen LogP contribution in [0.1, 0.15) is 59.3 Å². The molecule has 0 amide bonds. The molecule has 1 saturated carbocycles. The lowest BCUT2D eigenvalue weighted by Gasteiger charge is -2.39. The number of phosphoric acid groups is 1. The maximum atomic E-state index is 11.8. The lowest BCUT2D eigenvalue weighted by Crippen LogP contribution is -2.38. The predicted molar refractivity (Wildman–Crippen MR) is 67.8 cm³/mol. The summed E-state index contributed by atoms with van der Waals surface area (Å²) in [5, 5.41) is 0. The third kappa shape index (κ3) is 4.70. The summed E-state index contributed by atoms with van der Waals surface area (Å²) in [7, 11) is -3.89. The zero-order valence-electron chi connectivity index (χ0n) is 11.1. The average Bonchev–Trinajstić information content (AvgIpc) is 2.22. The summed E-state index contributed by atoms with van der Waals surface area (Å²) in [5.41, 5.74) is -0.519. The average molecular weight is 264 g/mol. The molecule has 0 heterocycles. The van der Waals surface area contributed by atoms with Gasteiger partial charge in [0.15, 0.2) is 0 Å². The first-order valence-electron chi connectivity index (χ1n) is 6.58. The van der Waals surface area contributed by atoms with E-state index < -0.39 is 13.4 Å². The molecule has 3 atom stereocenters. The van der Waals surface area contributed by atoms with Crippen LogP contribution >= 0.6 is 7.82 Å². The highest BCUT2D eigenvalue weighted by molar-refractivity contribution is 7.47. The van der Waals surface area contributed by atoms with E-state index in [1.54, 1.807) is 0 Å². The zero-order valence-corrected chi connectivity index (χ0v) is 12.0. The molecule has 1 rings (SSSR count). The first-order valence-corrected chi connectivity index (χ1v) is 8.07. The summed E-state index contributed by atoms with van der Waals surface area (Å²) in [6.07, 6.45) is 5.82. The van der Waals surface area contributed by atoms with E-state index in [-0.39, 0.29) is 6.61 Å². The first kappa shape index (κ1) is 15.2. The molecule has 5 heteroatoms. The summed E-state index contributed by atoms with van der Waals surface area (Å²) >= 11 is 0. The van der Waals surface area contributed by atoms with E-state index in [9.17, 15) is 9.46 Å². The van der Waals surface area contributed by atoms with Gasteiger partial charge in [-0.1, -0.05) is 33.1 Å². The van der Waals surface area contributed by atoms with E-state index in [2.05, 4.69) is 6.92 Å². The van der Waals surface area contributed by atoms with Gasteiger partial charge in [-0.3, -0.25) is 9.05 Å². The number of phosphoric ester groups is 1. The van der Waals surface area contributed by atoms with E-state index >= 15 is 0 Å². The number of unbranched alkanes of at least 4 members (excludes halogenated alkanes) is 1. The van der Waals surface area contributed by atoms with Gasteiger partial charge in [-0.05, 0) is 32.1 Å². The summed E-state index contributed by atoms with van der Waals surface area (Å²) in [6, 6.07) is 0. The van der Waals surface area contributed by atoms with Gasteiger partial charge >= 0.3 is 7.82 Å². The van der Waals surface area contributed by atoms with Crippen LogP contribution in [0.4, 0.5) is 0 Å². The second-order valence-corrected chi connectivity index (χ2v) is 6.58.